The molecule has 2 amide bonds. The number of aryl methyl sites for hydroxylation is 2. The molecule has 0 saturated carbocycles. The smallest absolute Gasteiger partial charge is 0.408 e. The molecule has 4 rings (SSSR count). The van der Waals surface area contributed by atoms with Crippen LogP contribution in [0.2, 0.25) is 0 Å². The molecule has 39 heavy (non-hydrogen) atoms. The molecule has 1 saturated heterocycles. The summed E-state index contributed by atoms with van der Waals surface area (Å²) < 4.78 is 6.95. The Kier molecular flexibility index (Phi) is 9.55. The molecule has 0 atom stereocenters. The third kappa shape index (κ3) is 8.47. The van der Waals surface area contributed by atoms with Gasteiger partial charge in [-0.05, 0) is 96.3 Å². The SMILES string of the molecule is Cc1nc2nc(CNC(=O)OC(C)(C)C)nn2c(C)c1CCC(=O)NCC1CCN(CCc2cccs2)CC1. The summed E-state index contributed by atoms with van der Waals surface area (Å²) in [5.74, 6) is 1.52. The molecule has 3 aromatic rings. The topological polar surface area (TPSA) is 114 Å². The lowest BCUT2D eigenvalue weighted by atomic mass is 9.96. The van der Waals surface area contributed by atoms with Gasteiger partial charge in [0, 0.05) is 35.8 Å². The summed E-state index contributed by atoms with van der Waals surface area (Å²) in [6.45, 7) is 13.5. The van der Waals surface area contributed by atoms with E-state index in [1.807, 2.05) is 46.0 Å². The van der Waals surface area contributed by atoms with E-state index in [4.69, 9.17) is 4.74 Å². The van der Waals surface area contributed by atoms with Crippen LogP contribution in [-0.2, 0) is 28.9 Å². The number of nitrogens with zero attached hydrogens (tertiary/aromatic N) is 5. The zero-order chi connectivity index (χ0) is 28.0. The molecule has 3 aromatic heterocycles. The number of rotatable bonds is 10. The molecule has 0 bridgehead atoms. The van der Waals surface area contributed by atoms with Crippen LogP contribution in [0.5, 0.6) is 0 Å². The van der Waals surface area contributed by atoms with Gasteiger partial charge in [-0.25, -0.2) is 14.3 Å². The molecule has 212 valence electrons. The van der Waals surface area contributed by atoms with Crippen molar-refractivity contribution in [3.63, 3.8) is 0 Å². The van der Waals surface area contributed by atoms with E-state index in [1.54, 1.807) is 4.52 Å². The number of aromatic nitrogens is 4. The van der Waals surface area contributed by atoms with Crippen molar-refractivity contribution >= 4 is 29.1 Å². The van der Waals surface area contributed by atoms with Crippen molar-refractivity contribution in [2.24, 2.45) is 5.92 Å². The fourth-order valence-electron chi connectivity index (χ4n) is 4.87. The number of fused-ring (bicyclic) bond motifs is 1. The van der Waals surface area contributed by atoms with Gasteiger partial charge in [-0.2, -0.15) is 4.98 Å². The highest BCUT2D eigenvalue weighted by Crippen LogP contribution is 2.19. The van der Waals surface area contributed by atoms with Gasteiger partial charge in [0.05, 0.1) is 6.54 Å². The van der Waals surface area contributed by atoms with E-state index in [0.29, 0.717) is 30.4 Å². The van der Waals surface area contributed by atoms with Crippen LogP contribution in [0, 0.1) is 19.8 Å². The van der Waals surface area contributed by atoms with E-state index in [2.05, 4.69) is 48.1 Å². The maximum atomic E-state index is 12.7. The van der Waals surface area contributed by atoms with Crippen LogP contribution in [0.25, 0.3) is 5.78 Å². The van der Waals surface area contributed by atoms with Crippen LogP contribution in [-0.4, -0.2) is 68.3 Å². The van der Waals surface area contributed by atoms with Crippen LogP contribution in [0.1, 0.15) is 67.7 Å². The standard InChI is InChI=1S/C28H41N7O3S/c1-19-23(20(2)35-26(31-19)32-24(33-35)18-30-27(37)38-28(3,4)5)8-9-25(36)29-17-21-10-13-34(14-11-21)15-12-22-7-6-16-39-22/h6-7,16,21H,8-15,17-18H2,1-5H3,(H,29,36)(H,30,37). The highest BCUT2D eigenvalue weighted by Gasteiger charge is 2.21. The van der Waals surface area contributed by atoms with Crippen molar-refractivity contribution in [2.45, 2.75) is 78.9 Å². The first-order valence-corrected chi connectivity index (χ1v) is 14.7. The predicted octanol–water partition coefficient (Wildman–Crippen LogP) is 3.83. The number of nitrogens with one attached hydrogen (secondary N) is 2. The minimum atomic E-state index is -0.575. The van der Waals surface area contributed by atoms with Gasteiger partial charge in [0.2, 0.25) is 5.91 Å². The molecule has 4 heterocycles. The number of thiophene rings is 1. The molecule has 0 aliphatic carbocycles. The Morgan fingerprint density at radius 1 is 1.13 bits per heavy atom. The van der Waals surface area contributed by atoms with Gasteiger partial charge in [-0.3, -0.25) is 4.79 Å². The summed E-state index contributed by atoms with van der Waals surface area (Å²) in [4.78, 5) is 37.6. The van der Waals surface area contributed by atoms with Gasteiger partial charge < -0.3 is 20.3 Å². The minimum Gasteiger partial charge on any atom is -0.444 e. The highest BCUT2D eigenvalue weighted by atomic mass is 32.1. The van der Waals surface area contributed by atoms with Crippen LogP contribution in [0.4, 0.5) is 4.79 Å². The summed E-state index contributed by atoms with van der Waals surface area (Å²) in [5.41, 5.74) is 2.15. The van der Waals surface area contributed by atoms with Crippen molar-refractivity contribution in [1.82, 2.24) is 35.1 Å². The zero-order valence-electron chi connectivity index (χ0n) is 23.7. The van der Waals surface area contributed by atoms with Crippen molar-refractivity contribution < 1.29 is 14.3 Å². The number of carbonyl (C=O) groups excluding carboxylic acids is 2. The Morgan fingerprint density at radius 2 is 1.90 bits per heavy atom. The molecule has 0 radical (unpaired) electrons. The molecule has 10 nitrogen and oxygen atoms in total. The minimum absolute atomic E-state index is 0.0647. The second-order valence-corrected chi connectivity index (χ2v) is 12.3. The van der Waals surface area contributed by atoms with Gasteiger partial charge in [0.15, 0.2) is 5.82 Å². The second kappa shape index (κ2) is 12.9. The Morgan fingerprint density at radius 3 is 2.59 bits per heavy atom. The lowest BCUT2D eigenvalue weighted by Crippen LogP contribution is -2.39. The largest absolute Gasteiger partial charge is 0.444 e. The van der Waals surface area contributed by atoms with Gasteiger partial charge >= 0.3 is 6.09 Å². The summed E-state index contributed by atoms with van der Waals surface area (Å²) in [7, 11) is 0. The Balaban J connectivity index is 1.22. The molecule has 0 aromatic carbocycles. The number of hydrogen-bond acceptors (Lipinski definition) is 8. The number of likely N-dealkylation sites (tertiary alicyclic amines) is 1. The predicted molar refractivity (Wildman–Crippen MR) is 152 cm³/mol. The molecular weight excluding hydrogens is 514 g/mol. The number of amides is 2. The van der Waals surface area contributed by atoms with Gasteiger partial charge in [-0.1, -0.05) is 6.07 Å². The molecule has 1 aliphatic rings. The molecule has 0 unspecified atom stereocenters. The number of hydrogen-bond donors (Lipinski definition) is 2. The fourth-order valence-corrected chi connectivity index (χ4v) is 5.57. The van der Waals surface area contributed by atoms with E-state index in [-0.39, 0.29) is 12.5 Å². The monoisotopic (exact) mass is 555 g/mol. The summed E-state index contributed by atoms with van der Waals surface area (Å²) in [6.07, 6.45) is 3.84. The molecule has 1 fully saturated rings. The first kappa shape index (κ1) is 28.9. The van der Waals surface area contributed by atoms with E-state index in [1.165, 1.54) is 4.88 Å². The third-order valence-electron chi connectivity index (χ3n) is 7.03. The van der Waals surface area contributed by atoms with Crippen molar-refractivity contribution in [3.8, 4) is 0 Å². The Bertz CT molecular complexity index is 1260. The normalized spacial score (nSPS) is 15.0. The Labute approximate surface area is 234 Å². The van der Waals surface area contributed by atoms with Crippen molar-refractivity contribution in [1.29, 1.82) is 0 Å². The quantitative estimate of drug-likeness (QED) is 0.391. The summed E-state index contributed by atoms with van der Waals surface area (Å²) in [5, 5.41) is 12.5. The van der Waals surface area contributed by atoms with Crippen molar-refractivity contribution in [3.05, 3.63) is 45.2 Å². The fraction of sp³-hybridized carbons (Fsp3) is 0.607. The molecule has 11 heteroatoms. The van der Waals surface area contributed by atoms with E-state index < -0.39 is 11.7 Å². The molecule has 2 N–H and O–H groups in total. The maximum Gasteiger partial charge on any atom is 0.408 e. The summed E-state index contributed by atoms with van der Waals surface area (Å²) >= 11 is 1.83. The van der Waals surface area contributed by atoms with Gasteiger partial charge in [0.1, 0.15) is 5.60 Å². The van der Waals surface area contributed by atoms with Crippen LogP contribution >= 0.6 is 11.3 Å². The van der Waals surface area contributed by atoms with Crippen LogP contribution in [0.3, 0.4) is 0 Å². The average Bonchev–Trinajstić information content (AvgIpc) is 3.54. The lowest BCUT2D eigenvalue weighted by Gasteiger charge is -2.31. The number of piperidine rings is 1. The first-order chi connectivity index (χ1) is 18.6. The molecule has 1 aliphatic heterocycles. The number of ether oxygens (including phenoxy) is 1. The molecule has 0 spiro atoms. The number of carbonyl (C=O) groups is 2. The lowest BCUT2D eigenvalue weighted by molar-refractivity contribution is -0.121. The van der Waals surface area contributed by atoms with Gasteiger partial charge in [-0.15, -0.1) is 16.4 Å². The summed E-state index contributed by atoms with van der Waals surface area (Å²) in [6, 6.07) is 4.32. The van der Waals surface area contributed by atoms with E-state index in [9.17, 15) is 9.59 Å². The van der Waals surface area contributed by atoms with Crippen molar-refractivity contribution in [2.75, 3.05) is 26.2 Å². The van der Waals surface area contributed by atoms with Crippen LogP contribution in [0.15, 0.2) is 17.5 Å². The van der Waals surface area contributed by atoms with E-state index >= 15 is 0 Å². The average molecular weight is 556 g/mol. The third-order valence-corrected chi connectivity index (χ3v) is 7.97. The van der Waals surface area contributed by atoms with Gasteiger partial charge in [0.25, 0.3) is 5.78 Å². The zero-order valence-corrected chi connectivity index (χ0v) is 24.6. The first-order valence-electron chi connectivity index (χ1n) is 13.8. The van der Waals surface area contributed by atoms with E-state index in [0.717, 1.165) is 62.4 Å². The second-order valence-electron chi connectivity index (χ2n) is 11.3. The number of alkyl carbamates (subject to hydrolysis) is 1. The molecular formula is C28H41N7O3S. The maximum absolute atomic E-state index is 12.7. The highest BCUT2D eigenvalue weighted by molar-refractivity contribution is 7.09. The Hall–Kier alpha value is -3.05. The van der Waals surface area contributed by atoms with Crippen LogP contribution < -0.4 is 10.6 Å².